The van der Waals surface area contributed by atoms with Crippen LogP contribution in [0.5, 0.6) is 0 Å². The molecule has 0 fully saturated rings. The smallest absolute Gasteiger partial charge is 0.282 e. The number of nitrogens with one attached hydrogen (secondary N) is 2. The largest absolute Gasteiger partial charge is 0.348 e. The average Bonchev–Trinajstić information content (AvgIpc) is 2.52. The van der Waals surface area contributed by atoms with Crippen molar-refractivity contribution in [1.29, 1.82) is 0 Å². The predicted octanol–water partition coefficient (Wildman–Crippen LogP) is 1.82. The summed E-state index contributed by atoms with van der Waals surface area (Å²) >= 11 is 5.86. The van der Waals surface area contributed by atoms with Gasteiger partial charge in [-0.25, -0.2) is 0 Å². The molecule has 0 aromatic heterocycles. The monoisotopic (exact) mass is 348 g/mol. The third kappa shape index (κ3) is 4.53. The van der Waals surface area contributed by atoms with Gasteiger partial charge in [-0.3, -0.25) is 14.9 Å². The number of quaternary nitrogens is 1. The van der Waals surface area contributed by atoms with Crippen LogP contribution in [0.1, 0.15) is 21.5 Å². The fraction of sp³-hybridized carbons (Fsp3) is 0.235. The van der Waals surface area contributed by atoms with Crippen molar-refractivity contribution in [3.05, 3.63) is 74.3 Å². The van der Waals surface area contributed by atoms with Crippen LogP contribution in [0.25, 0.3) is 0 Å². The van der Waals surface area contributed by atoms with Crippen LogP contribution >= 0.6 is 11.6 Å². The van der Waals surface area contributed by atoms with Gasteiger partial charge < -0.3 is 10.2 Å². The highest BCUT2D eigenvalue weighted by Gasteiger charge is 2.20. The molecule has 0 aliphatic carbocycles. The normalized spacial score (nSPS) is 10.7. The van der Waals surface area contributed by atoms with Crippen LogP contribution in [0, 0.1) is 10.1 Å². The Morgan fingerprint density at radius 3 is 2.50 bits per heavy atom. The zero-order chi connectivity index (χ0) is 17.7. The summed E-state index contributed by atoms with van der Waals surface area (Å²) in [5.74, 6) is -0.517. The molecule has 0 aliphatic rings. The number of rotatable bonds is 6. The molecule has 2 N–H and O–H groups in total. The van der Waals surface area contributed by atoms with E-state index in [9.17, 15) is 14.9 Å². The molecular formula is C17H19ClN3O3+. The average molecular weight is 349 g/mol. The summed E-state index contributed by atoms with van der Waals surface area (Å²) in [6.45, 7) is 1.12. The molecule has 2 aromatic carbocycles. The minimum Gasteiger partial charge on any atom is -0.348 e. The standard InChI is InChI=1S/C17H18ClN3O3/c1-20(2)11-13-6-4-3-5-12(13)10-19-17(22)15-9-14(18)7-8-16(15)21(23)24/h3-9H,10-11H2,1-2H3,(H,19,22)/p+1. The number of nitrogens with zero attached hydrogens (tertiary/aromatic N) is 1. The van der Waals surface area contributed by atoms with Gasteiger partial charge in [0.1, 0.15) is 12.1 Å². The van der Waals surface area contributed by atoms with E-state index in [4.69, 9.17) is 11.6 Å². The second-order valence-corrected chi connectivity index (χ2v) is 6.19. The van der Waals surface area contributed by atoms with Gasteiger partial charge in [-0.05, 0) is 17.7 Å². The Morgan fingerprint density at radius 1 is 1.21 bits per heavy atom. The van der Waals surface area contributed by atoms with Crippen LogP contribution < -0.4 is 10.2 Å². The maximum absolute atomic E-state index is 12.3. The number of hydrogen-bond donors (Lipinski definition) is 2. The van der Waals surface area contributed by atoms with Crippen molar-refractivity contribution in [2.24, 2.45) is 0 Å². The lowest BCUT2D eigenvalue weighted by molar-refractivity contribution is -0.872. The summed E-state index contributed by atoms with van der Waals surface area (Å²) in [5, 5.41) is 14.1. The summed E-state index contributed by atoms with van der Waals surface area (Å²) in [4.78, 5) is 24.1. The summed E-state index contributed by atoms with van der Waals surface area (Å²) in [6, 6.07) is 11.7. The van der Waals surface area contributed by atoms with Crippen molar-refractivity contribution < 1.29 is 14.6 Å². The number of halogens is 1. The van der Waals surface area contributed by atoms with Crippen molar-refractivity contribution in [3.8, 4) is 0 Å². The fourth-order valence-electron chi connectivity index (χ4n) is 2.40. The van der Waals surface area contributed by atoms with E-state index in [1.54, 1.807) is 0 Å². The molecule has 0 heterocycles. The first kappa shape index (κ1) is 17.9. The number of carbonyl (C=O) groups excluding carboxylic acids is 1. The Hall–Kier alpha value is -2.44. The van der Waals surface area contributed by atoms with E-state index in [-0.39, 0.29) is 16.3 Å². The Morgan fingerprint density at radius 2 is 1.88 bits per heavy atom. The highest BCUT2D eigenvalue weighted by Crippen LogP contribution is 2.22. The molecule has 126 valence electrons. The summed E-state index contributed by atoms with van der Waals surface area (Å²) < 4.78 is 0. The van der Waals surface area contributed by atoms with Crippen LogP contribution in [0.2, 0.25) is 5.02 Å². The second kappa shape index (κ2) is 7.90. The van der Waals surface area contributed by atoms with E-state index in [1.807, 2.05) is 38.4 Å². The van der Waals surface area contributed by atoms with Gasteiger partial charge in [0.05, 0.1) is 19.0 Å². The van der Waals surface area contributed by atoms with Crippen molar-refractivity contribution in [2.45, 2.75) is 13.1 Å². The van der Waals surface area contributed by atoms with Gasteiger partial charge in [-0.15, -0.1) is 0 Å². The van der Waals surface area contributed by atoms with E-state index in [0.29, 0.717) is 6.54 Å². The Kier molecular flexibility index (Phi) is 5.89. The molecule has 2 aromatic rings. The lowest BCUT2D eigenvalue weighted by Crippen LogP contribution is -3.04. The van der Waals surface area contributed by atoms with E-state index >= 15 is 0 Å². The molecule has 0 aliphatic heterocycles. The second-order valence-electron chi connectivity index (χ2n) is 5.75. The highest BCUT2D eigenvalue weighted by molar-refractivity contribution is 6.31. The molecule has 6 nitrogen and oxygen atoms in total. The maximum atomic E-state index is 12.3. The van der Waals surface area contributed by atoms with Crippen molar-refractivity contribution in [2.75, 3.05) is 14.1 Å². The van der Waals surface area contributed by atoms with Crippen LogP contribution in [-0.2, 0) is 13.1 Å². The molecule has 0 bridgehead atoms. The first-order valence-electron chi connectivity index (χ1n) is 7.46. The van der Waals surface area contributed by atoms with Crippen molar-refractivity contribution in [1.82, 2.24) is 5.32 Å². The Balaban J connectivity index is 2.18. The van der Waals surface area contributed by atoms with Crippen LogP contribution in [0.3, 0.4) is 0 Å². The third-order valence-corrected chi connectivity index (χ3v) is 3.74. The molecule has 2 rings (SSSR count). The molecule has 0 saturated carbocycles. The van der Waals surface area contributed by atoms with E-state index in [1.165, 1.54) is 23.1 Å². The minimum atomic E-state index is -0.589. The number of nitro benzene ring substituents is 1. The molecule has 1 amide bonds. The van der Waals surface area contributed by atoms with Gasteiger partial charge in [0, 0.05) is 23.2 Å². The molecule has 0 radical (unpaired) electrons. The Labute approximate surface area is 145 Å². The zero-order valence-electron chi connectivity index (χ0n) is 13.5. The topological polar surface area (TPSA) is 76.7 Å². The van der Waals surface area contributed by atoms with Gasteiger partial charge in [-0.2, -0.15) is 0 Å². The van der Waals surface area contributed by atoms with Gasteiger partial charge in [0.25, 0.3) is 11.6 Å². The zero-order valence-corrected chi connectivity index (χ0v) is 14.3. The highest BCUT2D eigenvalue weighted by atomic mass is 35.5. The third-order valence-electron chi connectivity index (χ3n) is 3.50. The number of carbonyl (C=O) groups is 1. The lowest BCUT2D eigenvalue weighted by atomic mass is 10.1. The predicted molar refractivity (Wildman–Crippen MR) is 92.2 cm³/mol. The minimum absolute atomic E-state index is 0.0387. The molecule has 0 spiro atoms. The van der Waals surface area contributed by atoms with Crippen LogP contribution in [0.4, 0.5) is 5.69 Å². The number of hydrogen-bond acceptors (Lipinski definition) is 3. The summed E-state index contributed by atoms with van der Waals surface area (Å²) in [6.07, 6.45) is 0. The van der Waals surface area contributed by atoms with E-state index in [0.717, 1.165) is 17.7 Å². The van der Waals surface area contributed by atoms with E-state index < -0.39 is 10.8 Å². The molecular weight excluding hydrogens is 330 g/mol. The molecule has 24 heavy (non-hydrogen) atoms. The molecule has 0 saturated heterocycles. The SMILES string of the molecule is C[NH+](C)Cc1ccccc1CNC(=O)c1cc(Cl)ccc1[N+](=O)[O-]. The van der Waals surface area contributed by atoms with Gasteiger partial charge in [0.15, 0.2) is 0 Å². The Bertz CT molecular complexity index is 762. The van der Waals surface area contributed by atoms with Crippen molar-refractivity contribution in [3.63, 3.8) is 0 Å². The quantitative estimate of drug-likeness (QED) is 0.617. The summed E-state index contributed by atoms with van der Waals surface area (Å²) in [5.41, 5.74) is 1.81. The lowest BCUT2D eigenvalue weighted by Gasteiger charge is -2.13. The first-order valence-corrected chi connectivity index (χ1v) is 7.84. The number of benzene rings is 2. The number of amides is 1. The van der Waals surface area contributed by atoms with Gasteiger partial charge in [-0.1, -0.05) is 35.9 Å². The number of nitro groups is 1. The van der Waals surface area contributed by atoms with Crippen LogP contribution in [-0.4, -0.2) is 24.9 Å². The molecule has 0 atom stereocenters. The maximum Gasteiger partial charge on any atom is 0.282 e. The first-order chi connectivity index (χ1) is 11.4. The molecule has 7 heteroatoms. The van der Waals surface area contributed by atoms with Gasteiger partial charge >= 0.3 is 0 Å². The van der Waals surface area contributed by atoms with Crippen LogP contribution in [0.15, 0.2) is 42.5 Å². The molecule has 0 unspecified atom stereocenters. The fourth-order valence-corrected chi connectivity index (χ4v) is 2.58. The van der Waals surface area contributed by atoms with E-state index in [2.05, 4.69) is 5.32 Å². The summed E-state index contributed by atoms with van der Waals surface area (Å²) in [7, 11) is 4.09. The van der Waals surface area contributed by atoms with Crippen molar-refractivity contribution >= 4 is 23.2 Å². The van der Waals surface area contributed by atoms with Gasteiger partial charge in [0.2, 0.25) is 0 Å².